The van der Waals surface area contributed by atoms with E-state index in [2.05, 4.69) is 4.98 Å². The van der Waals surface area contributed by atoms with Crippen molar-refractivity contribution in [3.63, 3.8) is 0 Å². The summed E-state index contributed by atoms with van der Waals surface area (Å²) in [5.74, 6) is 0.682. The van der Waals surface area contributed by atoms with Gasteiger partial charge >= 0.3 is 0 Å². The Morgan fingerprint density at radius 2 is 1.26 bits per heavy atom. The van der Waals surface area contributed by atoms with E-state index in [1.807, 2.05) is 102 Å². The van der Waals surface area contributed by atoms with Gasteiger partial charge in [0.05, 0.1) is 32.5 Å². The minimum absolute atomic E-state index is 0.244. The number of nitrogens with zero attached hydrogens (tertiary/aromatic N) is 2. The van der Waals surface area contributed by atoms with Crippen LogP contribution >= 0.6 is 0 Å². The van der Waals surface area contributed by atoms with E-state index in [4.69, 9.17) is 14.2 Å². The van der Waals surface area contributed by atoms with Gasteiger partial charge in [0.15, 0.2) is 0 Å². The van der Waals surface area contributed by atoms with Crippen LogP contribution in [0, 0.1) is 0 Å². The van der Waals surface area contributed by atoms with Crippen LogP contribution in [0.25, 0.3) is 0 Å². The van der Waals surface area contributed by atoms with Gasteiger partial charge in [0, 0.05) is 12.4 Å². The molecular formula is C29H30N2O4. The second kappa shape index (κ2) is 11.4. The summed E-state index contributed by atoms with van der Waals surface area (Å²) in [7, 11) is 0. The van der Waals surface area contributed by atoms with E-state index in [1.54, 1.807) is 6.20 Å². The summed E-state index contributed by atoms with van der Waals surface area (Å²) in [5, 5.41) is 11.5. The van der Waals surface area contributed by atoms with E-state index in [1.165, 1.54) is 0 Å². The largest absolute Gasteiger partial charge is 0.387 e. The van der Waals surface area contributed by atoms with Gasteiger partial charge in [-0.05, 0) is 16.7 Å². The average molecular weight is 471 g/mol. The number of aliphatic hydroxyl groups excluding tert-OH is 1. The molecule has 180 valence electrons. The number of hydrogen-bond acceptors (Lipinski definition) is 5. The van der Waals surface area contributed by atoms with Crippen molar-refractivity contribution in [1.82, 2.24) is 9.55 Å². The fourth-order valence-electron chi connectivity index (χ4n) is 4.49. The Morgan fingerprint density at radius 1 is 0.714 bits per heavy atom. The van der Waals surface area contributed by atoms with Crippen LogP contribution in [-0.2, 0) is 34.0 Å². The Labute approximate surface area is 205 Å². The molecule has 5 rings (SSSR count). The molecule has 0 aliphatic carbocycles. The normalized spacial score (nSPS) is 21.5. The molecule has 1 aliphatic rings. The lowest BCUT2D eigenvalue weighted by atomic mass is 9.95. The first-order valence-corrected chi connectivity index (χ1v) is 11.9. The number of aromatic nitrogens is 2. The van der Waals surface area contributed by atoms with E-state index >= 15 is 0 Å². The molecular weight excluding hydrogens is 440 g/mol. The third-order valence-corrected chi connectivity index (χ3v) is 6.29. The summed E-state index contributed by atoms with van der Waals surface area (Å²) in [6.45, 7) is 1.61. The summed E-state index contributed by atoms with van der Waals surface area (Å²) in [4.78, 5) is 4.54. The lowest BCUT2D eigenvalue weighted by Crippen LogP contribution is -2.48. The summed E-state index contributed by atoms with van der Waals surface area (Å²) in [6.07, 6.45) is 1.60. The molecule has 1 N–H and O–H groups in total. The Morgan fingerprint density at radius 3 is 1.86 bits per heavy atom. The summed E-state index contributed by atoms with van der Waals surface area (Å²) < 4.78 is 20.7. The van der Waals surface area contributed by atoms with Crippen LogP contribution in [0.15, 0.2) is 103 Å². The Kier molecular flexibility index (Phi) is 7.66. The van der Waals surface area contributed by atoms with E-state index in [0.29, 0.717) is 32.3 Å². The van der Waals surface area contributed by atoms with E-state index < -0.39 is 18.3 Å². The number of ether oxygens (including phenoxy) is 3. The second-order valence-electron chi connectivity index (χ2n) is 8.73. The second-order valence-corrected chi connectivity index (χ2v) is 8.73. The van der Waals surface area contributed by atoms with Crippen LogP contribution in [0.2, 0.25) is 0 Å². The predicted molar refractivity (Wildman–Crippen MR) is 132 cm³/mol. The topological polar surface area (TPSA) is 65.7 Å². The van der Waals surface area contributed by atoms with Gasteiger partial charge in [-0.15, -0.1) is 0 Å². The lowest BCUT2D eigenvalue weighted by Gasteiger charge is -2.40. The molecule has 0 amide bonds. The number of aliphatic hydroxyl groups is 1. The molecule has 1 aliphatic heterocycles. The molecule has 0 saturated heterocycles. The van der Waals surface area contributed by atoms with Crippen molar-refractivity contribution in [3.8, 4) is 0 Å². The molecule has 6 heteroatoms. The zero-order valence-corrected chi connectivity index (χ0v) is 19.5. The molecule has 0 fully saturated rings. The van der Waals surface area contributed by atoms with E-state index in [0.717, 1.165) is 16.7 Å². The number of benzene rings is 3. The Bertz CT molecular complexity index is 1170. The van der Waals surface area contributed by atoms with Crippen LogP contribution in [0.5, 0.6) is 0 Å². The first-order chi connectivity index (χ1) is 17.3. The summed E-state index contributed by atoms with van der Waals surface area (Å²) in [6, 6.07) is 29.7. The van der Waals surface area contributed by atoms with Crippen LogP contribution in [-0.4, -0.2) is 33.5 Å². The third kappa shape index (κ3) is 5.69. The smallest absolute Gasteiger partial charge is 0.144 e. The number of rotatable bonds is 10. The monoisotopic (exact) mass is 470 g/mol. The zero-order chi connectivity index (χ0) is 23.9. The van der Waals surface area contributed by atoms with Crippen molar-refractivity contribution >= 4 is 0 Å². The van der Waals surface area contributed by atoms with Crippen molar-refractivity contribution in [3.05, 3.63) is 126 Å². The highest BCUT2D eigenvalue weighted by atomic mass is 16.5. The maximum Gasteiger partial charge on any atom is 0.144 e. The maximum absolute atomic E-state index is 11.5. The quantitative estimate of drug-likeness (QED) is 0.359. The molecule has 6 nitrogen and oxygen atoms in total. The van der Waals surface area contributed by atoms with Crippen LogP contribution in [0.1, 0.15) is 34.7 Å². The van der Waals surface area contributed by atoms with Gasteiger partial charge < -0.3 is 23.9 Å². The van der Waals surface area contributed by atoms with Gasteiger partial charge in [-0.25, -0.2) is 4.98 Å². The number of imidazole rings is 1. The number of hydrogen-bond donors (Lipinski definition) is 1. The lowest BCUT2D eigenvalue weighted by molar-refractivity contribution is -0.164. The first-order valence-electron chi connectivity index (χ1n) is 11.9. The van der Waals surface area contributed by atoms with Gasteiger partial charge in [-0.2, -0.15) is 0 Å². The van der Waals surface area contributed by atoms with Crippen LogP contribution in [0.4, 0.5) is 0 Å². The molecule has 4 atom stereocenters. The molecule has 1 aromatic heterocycles. The van der Waals surface area contributed by atoms with Gasteiger partial charge in [-0.3, -0.25) is 0 Å². The summed E-state index contributed by atoms with van der Waals surface area (Å²) in [5.41, 5.74) is 3.18. The van der Waals surface area contributed by atoms with Gasteiger partial charge in [-0.1, -0.05) is 91.0 Å². The molecule has 4 aromatic rings. The molecule has 0 spiro atoms. The highest BCUT2D eigenvalue weighted by Gasteiger charge is 2.44. The fourth-order valence-corrected chi connectivity index (χ4v) is 4.49. The van der Waals surface area contributed by atoms with Crippen molar-refractivity contribution in [1.29, 1.82) is 0 Å². The highest BCUT2D eigenvalue weighted by Crippen LogP contribution is 2.37. The highest BCUT2D eigenvalue weighted by molar-refractivity contribution is 5.17. The summed E-state index contributed by atoms with van der Waals surface area (Å²) >= 11 is 0. The molecule has 0 unspecified atom stereocenters. The molecule has 2 heterocycles. The Balaban J connectivity index is 1.35. The molecule has 0 saturated carbocycles. The standard InChI is InChI=1S/C29H30N2O4/c32-26-27(34-19-23-12-6-2-7-13-23)25(21-33-18-22-10-4-1-5-11-22)31-17-16-30-29(31)28(26)35-20-24-14-8-3-9-15-24/h1-17,25-28,32H,18-21H2/t25-,26+,27-,28+/m1/s1. The van der Waals surface area contributed by atoms with E-state index in [9.17, 15) is 5.11 Å². The molecule has 0 bridgehead atoms. The predicted octanol–water partition coefficient (Wildman–Crippen LogP) is 4.86. The minimum Gasteiger partial charge on any atom is -0.387 e. The molecule has 35 heavy (non-hydrogen) atoms. The van der Waals surface area contributed by atoms with Crippen molar-refractivity contribution in [2.75, 3.05) is 6.61 Å². The third-order valence-electron chi connectivity index (χ3n) is 6.29. The molecule has 0 radical (unpaired) electrons. The minimum atomic E-state index is -0.900. The van der Waals surface area contributed by atoms with Crippen molar-refractivity contribution in [2.24, 2.45) is 0 Å². The van der Waals surface area contributed by atoms with Gasteiger partial charge in [0.2, 0.25) is 0 Å². The number of fused-ring (bicyclic) bond motifs is 1. The Hall–Kier alpha value is -3.29. The van der Waals surface area contributed by atoms with Gasteiger partial charge in [0.25, 0.3) is 0 Å². The van der Waals surface area contributed by atoms with Crippen molar-refractivity contribution < 1.29 is 19.3 Å². The molecule has 3 aromatic carbocycles. The van der Waals surface area contributed by atoms with Gasteiger partial charge in [0.1, 0.15) is 24.1 Å². The fraction of sp³-hybridized carbons (Fsp3) is 0.276. The van der Waals surface area contributed by atoms with Crippen molar-refractivity contribution in [2.45, 2.75) is 44.2 Å². The SMILES string of the molecule is O[C@H]1[C@H](OCc2ccccc2)[C@@H](COCc2ccccc2)n2ccnc2[C@H]1OCc1ccccc1. The maximum atomic E-state index is 11.5. The van der Waals surface area contributed by atoms with Crippen LogP contribution < -0.4 is 0 Å². The van der Waals surface area contributed by atoms with E-state index in [-0.39, 0.29) is 6.04 Å². The zero-order valence-electron chi connectivity index (χ0n) is 19.5. The van der Waals surface area contributed by atoms with Crippen LogP contribution in [0.3, 0.4) is 0 Å². The first kappa shape index (κ1) is 23.5. The average Bonchev–Trinajstić information content (AvgIpc) is 3.39.